The van der Waals surface area contributed by atoms with Crippen LogP contribution in [0.2, 0.25) is 0 Å². The van der Waals surface area contributed by atoms with E-state index in [1.807, 2.05) is 0 Å². The minimum atomic E-state index is 1.15. The van der Waals surface area contributed by atoms with Gasteiger partial charge in [-0.1, -0.05) is 328 Å². The summed E-state index contributed by atoms with van der Waals surface area (Å²) in [4.78, 5) is 0. The van der Waals surface area contributed by atoms with Crippen LogP contribution in [0.5, 0.6) is 0 Å². The minimum Gasteiger partial charge on any atom is -0.309 e. The van der Waals surface area contributed by atoms with Crippen molar-refractivity contribution in [1.82, 2.24) is 18.3 Å². The highest BCUT2D eigenvalue weighted by atomic mass is 15.0. The molecular formula is C118H74N4. The number of hydrogen-bond donors (Lipinski definition) is 0. The molecule has 0 atom stereocenters. The standard InChI is InChI=1S/C60H38N2.C58H36N2/c1-2-14-45(15-3-1)61-57-23-10-8-21-52(57)55-37-42(30-33-59(55)61)39-25-27-40(28-26-39)43-31-34-60-56(38-43)53-22-9-11-24-58(53)62(60)46-16-12-13-41(35-46)44-29-32-51-49-19-5-4-17-47(49)48-18-6-7-20-50(48)54(51)36-44;1-2-13-42(14-3-1)59-55-21-11-10-20-50(55)53-34-40(27-32-56(53)59)37-22-24-38(25-23-37)41-28-33-57-54(35-41)51-30-26-39-12-4-5-15-44(39)58(51)60(57)43-29-31-49-47-18-7-6-16-45(47)46-17-8-9-19-48(46)52(49)36-43/h1-38H;1-36H. The molecule has 0 unspecified atom stereocenters. The maximum atomic E-state index is 2.49. The van der Waals surface area contributed by atoms with E-state index in [0.717, 1.165) is 5.69 Å². The summed E-state index contributed by atoms with van der Waals surface area (Å²) in [6, 6.07) is 165. The molecule has 0 amide bonds. The number of rotatable bonds is 9. The molecule has 0 fully saturated rings. The number of aromatic nitrogens is 4. The van der Waals surface area contributed by atoms with Crippen molar-refractivity contribution in [2.24, 2.45) is 0 Å². The van der Waals surface area contributed by atoms with Crippen molar-refractivity contribution in [2.75, 3.05) is 0 Å². The molecule has 0 saturated heterocycles. The van der Waals surface area contributed by atoms with Gasteiger partial charge in [-0.2, -0.15) is 0 Å². The molecule has 0 aliphatic heterocycles. The van der Waals surface area contributed by atoms with Crippen molar-refractivity contribution in [3.05, 3.63) is 449 Å². The van der Waals surface area contributed by atoms with Crippen molar-refractivity contribution in [2.45, 2.75) is 0 Å². The molecule has 122 heavy (non-hydrogen) atoms. The van der Waals surface area contributed by atoms with E-state index in [2.05, 4.69) is 467 Å². The Hall–Kier alpha value is -16.1. The first-order valence-electron chi connectivity index (χ1n) is 42.2. The molecule has 0 spiro atoms. The summed E-state index contributed by atoms with van der Waals surface area (Å²) in [5.41, 5.74) is 26.5. The van der Waals surface area contributed by atoms with Gasteiger partial charge in [-0.3, -0.25) is 0 Å². The SMILES string of the molecule is c1ccc(-n2c3ccccc3c3cc(-c4ccc(-c5ccc6c(c5)c5ccc7ccccc7c5n6-c5ccc6c7ccccc7c7ccccc7c6c5)cc4)ccc32)cc1.c1ccc(-n2c3ccccc3c3cc(-c4ccc(-c5ccc6c(c5)c5ccccc5n6-c5cccc(-c6ccc7c8ccccc8c8ccccc8c7c6)c5)cc4)ccc32)cc1. The van der Waals surface area contributed by atoms with Crippen LogP contribution in [0.3, 0.4) is 0 Å². The Morgan fingerprint density at radius 2 is 0.361 bits per heavy atom. The van der Waals surface area contributed by atoms with Gasteiger partial charge < -0.3 is 18.3 Å². The minimum absolute atomic E-state index is 1.15. The third kappa shape index (κ3) is 10.9. The number of fused-ring (bicyclic) bond motifs is 26. The molecule has 4 heterocycles. The summed E-state index contributed by atoms with van der Waals surface area (Å²) in [7, 11) is 0. The van der Waals surface area contributed by atoms with E-state index < -0.39 is 0 Å². The number of nitrogens with zero attached hydrogens (tertiary/aromatic N) is 4. The highest BCUT2D eigenvalue weighted by Crippen LogP contribution is 2.46. The van der Waals surface area contributed by atoms with Crippen LogP contribution in [-0.2, 0) is 0 Å². The lowest BCUT2D eigenvalue weighted by Crippen LogP contribution is -1.95. The largest absolute Gasteiger partial charge is 0.309 e. The van der Waals surface area contributed by atoms with Crippen molar-refractivity contribution in [3.8, 4) is 78.4 Å². The molecule has 566 valence electrons. The van der Waals surface area contributed by atoms with Crippen LogP contribution in [0.15, 0.2) is 449 Å². The van der Waals surface area contributed by atoms with Crippen molar-refractivity contribution in [3.63, 3.8) is 0 Å². The van der Waals surface area contributed by atoms with E-state index in [1.165, 1.54) is 235 Å². The Kier molecular flexibility index (Phi) is 15.7. The molecular weight excluding hydrogens is 1470 g/mol. The van der Waals surface area contributed by atoms with Crippen molar-refractivity contribution >= 4 is 163 Å². The van der Waals surface area contributed by atoms with Gasteiger partial charge in [-0.15, -0.1) is 0 Å². The monoisotopic (exact) mass is 1550 g/mol. The molecule has 22 aromatic carbocycles. The summed E-state index contributed by atoms with van der Waals surface area (Å²) in [6.07, 6.45) is 0. The van der Waals surface area contributed by atoms with Crippen LogP contribution < -0.4 is 0 Å². The van der Waals surface area contributed by atoms with Gasteiger partial charge in [0.25, 0.3) is 0 Å². The highest BCUT2D eigenvalue weighted by molar-refractivity contribution is 6.28. The Labute approximate surface area is 703 Å². The van der Waals surface area contributed by atoms with Crippen LogP contribution in [0.4, 0.5) is 0 Å². The zero-order valence-corrected chi connectivity index (χ0v) is 66.5. The number of benzene rings is 22. The first-order valence-corrected chi connectivity index (χ1v) is 42.2. The second kappa shape index (κ2) is 27.8. The highest BCUT2D eigenvalue weighted by Gasteiger charge is 2.22. The van der Waals surface area contributed by atoms with Crippen LogP contribution in [0.1, 0.15) is 0 Å². The molecule has 0 saturated carbocycles. The lowest BCUT2D eigenvalue weighted by Gasteiger charge is -2.14. The summed E-state index contributed by atoms with van der Waals surface area (Å²) in [6.45, 7) is 0. The van der Waals surface area contributed by atoms with Gasteiger partial charge in [0.15, 0.2) is 0 Å². The second-order valence-corrected chi connectivity index (χ2v) is 32.6. The topological polar surface area (TPSA) is 19.7 Å². The normalized spacial score (nSPS) is 11.9. The maximum Gasteiger partial charge on any atom is 0.0619 e. The molecule has 4 aromatic heterocycles. The molecule has 0 aliphatic rings. The van der Waals surface area contributed by atoms with Crippen molar-refractivity contribution < 1.29 is 0 Å². The Balaban J connectivity index is 0.000000134. The van der Waals surface area contributed by atoms with E-state index in [-0.39, 0.29) is 0 Å². The van der Waals surface area contributed by atoms with E-state index in [4.69, 9.17) is 0 Å². The molecule has 0 N–H and O–H groups in total. The third-order valence-electron chi connectivity index (χ3n) is 26.0. The molecule has 4 heteroatoms. The smallest absolute Gasteiger partial charge is 0.0619 e. The van der Waals surface area contributed by atoms with Gasteiger partial charge in [0, 0.05) is 71.2 Å². The van der Waals surface area contributed by atoms with Gasteiger partial charge in [-0.25, -0.2) is 0 Å². The quantitative estimate of drug-likeness (QED) is 0.128. The molecule has 0 radical (unpaired) electrons. The molecule has 4 nitrogen and oxygen atoms in total. The lowest BCUT2D eigenvalue weighted by atomic mass is 9.92. The van der Waals surface area contributed by atoms with Gasteiger partial charge in [0.05, 0.1) is 44.1 Å². The Bertz CT molecular complexity index is 8730. The predicted molar refractivity (Wildman–Crippen MR) is 520 cm³/mol. The van der Waals surface area contributed by atoms with Crippen molar-refractivity contribution in [1.29, 1.82) is 0 Å². The molecule has 26 rings (SSSR count). The number of hydrogen-bond acceptors (Lipinski definition) is 0. The fourth-order valence-electron chi connectivity index (χ4n) is 20.3. The number of para-hydroxylation sites is 5. The zero-order valence-electron chi connectivity index (χ0n) is 66.5. The molecule has 0 bridgehead atoms. The summed E-state index contributed by atoms with van der Waals surface area (Å²) < 4.78 is 9.66. The fraction of sp³-hybridized carbons (Fsp3) is 0. The average Bonchev–Trinajstić information content (AvgIpc) is 1.42. The Morgan fingerprint density at radius 1 is 0.107 bits per heavy atom. The van der Waals surface area contributed by atoms with E-state index in [0.29, 0.717) is 0 Å². The van der Waals surface area contributed by atoms with Gasteiger partial charge in [0.2, 0.25) is 0 Å². The van der Waals surface area contributed by atoms with Gasteiger partial charge in [-0.05, 0) is 247 Å². The lowest BCUT2D eigenvalue weighted by molar-refractivity contribution is 1.18. The zero-order chi connectivity index (χ0) is 80.0. The molecule has 0 aliphatic carbocycles. The van der Waals surface area contributed by atoms with Crippen LogP contribution in [0.25, 0.3) is 241 Å². The van der Waals surface area contributed by atoms with Gasteiger partial charge in [0.1, 0.15) is 0 Å². The van der Waals surface area contributed by atoms with E-state index in [9.17, 15) is 0 Å². The Morgan fingerprint density at radius 3 is 0.787 bits per heavy atom. The second-order valence-electron chi connectivity index (χ2n) is 32.6. The van der Waals surface area contributed by atoms with E-state index in [1.54, 1.807) is 0 Å². The van der Waals surface area contributed by atoms with Gasteiger partial charge >= 0.3 is 0 Å². The average molecular weight is 1550 g/mol. The summed E-state index contributed by atoms with van der Waals surface area (Å²) in [5.74, 6) is 0. The van der Waals surface area contributed by atoms with Crippen LogP contribution in [0, 0.1) is 0 Å². The summed E-state index contributed by atoms with van der Waals surface area (Å²) >= 11 is 0. The van der Waals surface area contributed by atoms with E-state index >= 15 is 0 Å². The van der Waals surface area contributed by atoms with Crippen LogP contribution >= 0.6 is 0 Å². The predicted octanol–water partition coefficient (Wildman–Crippen LogP) is 32.2. The third-order valence-corrected chi connectivity index (χ3v) is 26.0. The first-order chi connectivity index (χ1) is 60.5. The fourth-order valence-corrected chi connectivity index (χ4v) is 20.3. The van der Waals surface area contributed by atoms with Crippen LogP contribution in [-0.4, -0.2) is 18.3 Å². The maximum absolute atomic E-state index is 2.49. The summed E-state index contributed by atoms with van der Waals surface area (Å²) in [5, 5.41) is 28.0. The molecule has 26 aromatic rings. The first kappa shape index (κ1) is 69.0.